The van der Waals surface area contributed by atoms with E-state index in [1.165, 1.54) is 36.4 Å². The van der Waals surface area contributed by atoms with E-state index >= 15 is 0 Å². The van der Waals surface area contributed by atoms with Gasteiger partial charge in [-0.15, -0.1) is 0 Å². The summed E-state index contributed by atoms with van der Waals surface area (Å²) >= 11 is 0. The first-order valence-electron chi connectivity index (χ1n) is 8.48. The largest absolute Gasteiger partial charge is 0.309 e. The monoisotopic (exact) mass is 518 g/mol. The summed E-state index contributed by atoms with van der Waals surface area (Å²) in [5.41, 5.74) is 0. The van der Waals surface area contributed by atoms with Gasteiger partial charge in [-0.2, -0.15) is 25.3 Å². The third-order valence-corrected chi connectivity index (χ3v) is 10.0. The third-order valence-electron chi connectivity index (χ3n) is 4.44. The Hall–Kier alpha value is -2.38. The second-order valence-corrected chi connectivity index (χ2v) is 13.6. The van der Waals surface area contributed by atoms with E-state index in [-0.39, 0.29) is 15.9 Å². The fourth-order valence-corrected chi connectivity index (χ4v) is 7.55. The lowest BCUT2D eigenvalue weighted by molar-refractivity contribution is 0.481. The van der Waals surface area contributed by atoms with Crippen LogP contribution in [-0.2, 0) is 34.9 Å². The highest BCUT2D eigenvalue weighted by molar-refractivity contribution is 7.87. The first-order chi connectivity index (χ1) is 14.6. The smallest absolute Gasteiger partial charge is 0.294 e. The highest BCUT2D eigenvalue weighted by Gasteiger charge is 2.33. The molecule has 0 bridgehead atoms. The van der Waals surface area contributed by atoms with Crippen LogP contribution >= 0.6 is 7.14 Å². The SMILES string of the molecule is O=P(c1cccc(S(=O)(=O)O)c1)(c1cccc(S(=O)(=O)O)c1)c1cccc(S(=O)(=O)O)c1. The minimum atomic E-state index is -4.71. The van der Waals surface area contributed by atoms with Crippen molar-refractivity contribution in [3.63, 3.8) is 0 Å². The molecule has 0 unspecified atom stereocenters. The summed E-state index contributed by atoms with van der Waals surface area (Å²) < 4.78 is 112. The summed E-state index contributed by atoms with van der Waals surface area (Å²) in [4.78, 5) is -1.81. The lowest BCUT2D eigenvalue weighted by Gasteiger charge is -2.21. The summed E-state index contributed by atoms with van der Waals surface area (Å²) in [7, 11) is -18.3. The zero-order valence-electron chi connectivity index (χ0n) is 15.8. The molecule has 0 fully saturated rings. The van der Waals surface area contributed by atoms with Crippen molar-refractivity contribution < 1.29 is 43.5 Å². The van der Waals surface area contributed by atoms with Crippen LogP contribution in [0.3, 0.4) is 0 Å². The van der Waals surface area contributed by atoms with E-state index in [0.29, 0.717) is 0 Å². The first-order valence-corrected chi connectivity index (χ1v) is 14.5. The maximum Gasteiger partial charge on any atom is 0.294 e. The van der Waals surface area contributed by atoms with Crippen molar-refractivity contribution in [3.05, 3.63) is 72.8 Å². The van der Waals surface area contributed by atoms with Crippen LogP contribution in [0.4, 0.5) is 0 Å². The Balaban J connectivity index is 2.43. The Morgan fingerprint density at radius 1 is 0.500 bits per heavy atom. The molecule has 3 rings (SSSR count). The molecule has 3 aromatic rings. The average molecular weight is 518 g/mol. The van der Waals surface area contributed by atoms with Crippen LogP contribution in [0.2, 0.25) is 0 Å². The predicted molar refractivity (Wildman–Crippen MR) is 115 cm³/mol. The minimum Gasteiger partial charge on any atom is -0.309 e. The second kappa shape index (κ2) is 8.19. The van der Waals surface area contributed by atoms with Crippen molar-refractivity contribution in [1.29, 1.82) is 0 Å². The Morgan fingerprint density at radius 3 is 0.969 bits per heavy atom. The normalized spacial score (nSPS) is 13.1. The molecule has 0 amide bonds. The number of hydrogen-bond acceptors (Lipinski definition) is 7. The van der Waals surface area contributed by atoms with E-state index in [1.807, 2.05) is 0 Å². The molecule has 170 valence electrons. The summed E-state index contributed by atoms with van der Waals surface area (Å²) in [5, 5.41) is -0.562. The number of benzene rings is 3. The molecule has 3 aromatic carbocycles. The van der Waals surface area contributed by atoms with Crippen LogP contribution in [0, 0.1) is 0 Å². The fraction of sp³-hybridized carbons (Fsp3) is 0. The van der Waals surface area contributed by atoms with Crippen molar-refractivity contribution in [2.75, 3.05) is 0 Å². The van der Waals surface area contributed by atoms with Crippen molar-refractivity contribution >= 4 is 53.4 Å². The molecule has 0 aliphatic carbocycles. The summed E-state index contributed by atoms with van der Waals surface area (Å²) in [6.45, 7) is 0. The molecule has 0 saturated heterocycles. The van der Waals surface area contributed by atoms with E-state index in [1.54, 1.807) is 0 Å². The van der Waals surface area contributed by atoms with Crippen LogP contribution < -0.4 is 15.9 Å². The van der Waals surface area contributed by atoms with Gasteiger partial charge >= 0.3 is 0 Å². The van der Waals surface area contributed by atoms with Crippen LogP contribution in [-0.4, -0.2) is 38.9 Å². The van der Waals surface area contributed by atoms with Crippen molar-refractivity contribution in [2.24, 2.45) is 0 Å². The maximum absolute atomic E-state index is 14.4. The number of rotatable bonds is 6. The Kier molecular flexibility index (Phi) is 6.21. The summed E-state index contributed by atoms with van der Waals surface area (Å²) in [6.07, 6.45) is 0. The van der Waals surface area contributed by atoms with Gasteiger partial charge in [0.25, 0.3) is 30.4 Å². The van der Waals surface area contributed by atoms with Crippen molar-refractivity contribution in [1.82, 2.24) is 0 Å². The first kappa shape index (κ1) is 24.3. The van der Waals surface area contributed by atoms with Gasteiger partial charge in [-0.3, -0.25) is 13.7 Å². The molecule has 32 heavy (non-hydrogen) atoms. The number of hydrogen-bond donors (Lipinski definition) is 3. The Bertz CT molecular complexity index is 1390. The zero-order valence-corrected chi connectivity index (χ0v) is 19.1. The van der Waals surface area contributed by atoms with Gasteiger partial charge in [0.05, 0.1) is 14.7 Å². The van der Waals surface area contributed by atoms with Gasteiger partial charge in [0.2, 0.25) is 0 Å². The van der Waals surface area contributed by atoms with E-state index in [9.17, 15) is 43.5 Å². The molecular formula is C18H15O10PS3. The topological polar surface area (TPSA) is 180 Å². The fourth-order valence-electron chi connectivity index (χ4n) is 2.97. The van der Waals surface area contributed by atoms with Crippen LogP contribution in [0.25, 0.3) is 0 Å². The van der Waals surface area contributed by atoms with Crippen molar-refractivity contribution in [2.45, 2.75) is 14.7 Å². The maximum atomic E-state index is 14.4. The molecule has 0 atom stereocenters. The minimum absolute atomic E-state index is 0.187. The average Bonchev–Trinajstić information content (AvgIpc) is 2.71. The molecule has 0 aliphatic heterocycles. The highest BCUT2D eigenvalue weighted by Crippen LogP contribution is 2.43. The standard InChI is InChI=1S/C18H15O10PS3/c19-29(13-4-1-7-16(10-13)30(20,21)22,14-5-2-8-17(11-14)31(23,24)25)15-6-3-9-18(12-15)32(26,27)28/h1-12H,(H,20,21,22)(H,23,24,25)(H,26,27,28). The van der Waals surface area contributed by atoms with Gasteiger partial charge in [0.15, 0.2) is 7.14 Å². The van der Waals surface area contributed by atoms with Gasteiger partial charge in [-0.1, -0.05) is 36.4 Å². The quantitative estimate of drug-likeness (QED) is 0.315. The summed E-state index contributed by atoms with van der Waals surface area (Å²) in [5.74, 6) is 0. The van der Waals surface area contributed by atoms with E-state index < -0.39 is 52.2 Å². The van der Waals surface area contributed by atoms with Crippen LogP contribution in [0.1, 0.15) is 0 Å². The molecule has 3 N–H and O–H groups in total. The molecule has 0 radical (unpaired) electrons. The lowest BCUT2D eigenvalue weighted by atomic mass is 10.3. The van der Waals surface area contributed by atoms with Gasteiger partial charge in [0, 0.05) is 15.9 Å². The lowest BCUT2D eigenvalue weighted by Crippen LogP contribution is -2.26. The van der Waals surface area contributed by atoms with Crippen LogP contribution in [0.5, 0.6) is 0 Å². The van der Waals surface area contributed by atoms with E-state index in [4.69, 9.17) is 0 Å². The van der Waals surface area contributed by atoms with Gasteiger partial charge < -0.3 is 4.57 Å². The molecule has 14 heteroatoms. The summed E-state index contributed by atoms with van der Waals surface area (Å²) in [6, 6.07) is 13.1. The molecule has 0 saturated carbocycles. The molecule has 0 aliphatic rings. The highest BCUT2D eigenvalue weighted by atomic mass is 32.2. The molecule has 0 spiro atoms. The molecular weight excluding hydrogens is 503 g/mol. The Labute approximate surface area is 184 Å². The Morgan fingerprint density at radius 2 is 0.750 bits per heavy atom. The zero-order chi connectivity index (χ0) is 23.9. The molecule has 0 heterocycles. The predicted octanol–water partition coefficient (Wildman–Crippen LogP) is 1.07. The van der Waals surface area contributed by atoms with Gasteiger partial charge in [0.1, 0.15) is 0 Å². The molecule has 0 aromatic heterocycles. The van der Waals surface area contributed by atoms with E-state index in [2.05, 4.69) is 0 Å². The van der Waals surface area contributed by atoms with Crippen molar-refractivity contribution in [3.8, 4) is 0 Å². The van der Waals surface area contributed by atoms with Gasteiger partial charge in [-0.25, -0.2) is 0 Å². The molecule has 10 nitrogen and oxygen atoms in total. The van der Waals surface area contributed by atoms with Crippen LogP contribution in [0.15, 0.2) is 87.5 Å². The van der Waals surface area contributed by atoms with E-state index in [0.717, 1.165) is 36.4 Å². The second-order valence-electron chi connectivity index (χ2n) is 6.53. The third kappa shape index (κ3) is 4.84. The van der Waals surface area contributed by atoms with Gasteiger partial charge in [-0.05, 0) is 36.4 Å².